The minimum atomic E-state index is -1.30. The van der Waals surface area contributed by atoms with Gasteiger partial charge in [0.25, 0.3) is 17.4 Å². The third-order valence-corrected chi connectivity index (χ3v) is 5.70. The summed E-state index contributed by atoms with van der Waals surface area (Å²) in [7, 11) is 0. The van der Waals surface area contributed by atoms with Crippen molar-refractivity contribution in [1.29, 1.82) is 0 Å². The van der Waals surface area contributed by atoms with Gasteiger partial charge in [-0.25, -0.2) is 10.5 Å². The molecule has 0 saturated carbocycles. The lowest BCUT2D eigenvalue weighted by atomic mass is 10.0. The van der Waals surface area contributed by atoms with Gasteiger partial charge in [0.2, 0.25) is 0 Å². The molecule has 0 bridgehead atoms. The number of hydrogen-bond donors (Lipinski definition) is 3. The lowest BCUT2D eigenvalue weighted by Crippen LogP contribution is -2.40. The topological polar surface area (TPSA) is 159 Å². The zero-order valence-corrected chi connectivity index (χ0v) is 18.1. The van der Waals surface area contributed by atoms with Crippen molar-refractivity contribution in [3.8, 4) is 0 Å². The summed E-state index contributed by atoms with van der Waals surface area (Å²) in [5.41, 5.74) is 2.33. The molecule has 3 N–H and O–H groups in total. The number of rotatable bonds is 7. The molecule has 34 heavy (non-hydrogen) atoms. The van der Waals surface area contributed by atoms with Crippen molar-refractivity contribution in [2.24, 2.45) is 5.10 Å². The Labute approximate surface area is 195 Å². The molecule has 4 aromatic rings. The molecule has 1 atom stereocenters. The second-order valence-corrected chi connectivity index (χ2v) is 8.02. The van der Waals surface area contributed by atoms with E-state index in [-0.39, 0.29) is 10.7 Å². The van der Waals surface area contributed by atoms with Crippen LogP contribution in [0.1, 0.15) is 27.0 Å². The van der Waals surface area contributed by atoms with E-state index in [1.165, 1.54) is 18.3 Å². The summed E-state index contributed by atoms with van der Waals surface area (Å²) in [5, 5.41) is 24.3. The first-order valence-corrected chi connectivity index (χ1v) is 10.7. The molecular weight excluding hydrogens is 460 g/mol. The monoisotopic (exact) mass is 476 g/mol. The quantitative estimate of drug-likeness (QED) is 0.211. The first-order chi connectivity index (χ1) is 16.4. The van der Waals surface area contributed by atoms with E-state index in [1.807, 2.05) is 0 Å². The third kappa shape index (κ3) is 4.86. The first-order valence-electron chi connectivity index (χ1n) is 9.84. The number of H-pyrrole nitrogens is 1. The summed E-state index contributed by atoms with van der Waals surface area (Å²) in [6.07, 6.45) is 1.25. The van der Waals surface area contributed by atoms with Crippen LogP contribution in [-0.4, -0.2) is 33.1 Å². The largest absolute Gasteiger partial charge is 0.335 e. The molecule has 0 fully saturated rings. The minimum Gasteiger partial charge on any atom is -0.335 e. The zero-order chi connectivity index (χ0) is 24.1. The van der Waals surface area contributed by atoms with Crippen LogP contribution in [0.15, 0.2) is 76.6 Å². The van der Waals surface area contributed by atoms with Crippen molar-refractivity contribution in [2.45, 2.75) is 6.04 Å². The van der Waals surface area contributed by atoms with Gasteiger partial charge in [0.15, 0.2) is 6.04 Å². The number of carbonyl (C=O) groups is 2. The van der Waals surface area contributed by atoms with E-state index in [9.17, 15) is 24.5 Å². The average Bonchev–Trinajstić information content (AvgIpc) is 3.33. The zero-order valence-electron chi connectivity index (χ0n) is 17.3. The molecule has 2 aromatic carbocycles. The fourth-order valence-corrected chi connectivity index (χ4v) is 3.85. The summed E-state index contributed by atoms with van der Waals surface area (Å²) >= 11 is 0.887. The van der Waals surface area contributed by atoms with Crippen molar-refractivity contribution in [1.82, 2.24) is 20.9 Å². The predicted molar refractivity (Wildman–Crippen MR) is 126 cm³/mol. The Hall–Kier alpha value is -4.71. The van der Waals surface area contributed by atoms with Crippen LogP contribution < -0.4 is 16.3 Å². The maximum Gasteiger partial charge on any atom is 0.324 e. The maximum atomic E-state index is 13.1. The molecule has 4 rings (SSSR count). The normalized spacial score (nSPS) is 11.9. The van der Waals surface area contributed by atoms with E-state index in [4.69, 9.17) is 0 Å². The smallest absolute Gasteiger partial charge is 0.324 e. The molecule has 2 heterocycles. The Kier molecular flexibility index (Phi) is 6.50. The van der Waals surface area contributed by atoms with Crippen LogP contribution in [0.5, 0.6) is 0 Å². The molecule has 0 aliphatic rings. The number of nitrogens with one attached hydrogen (secondary N) is 3. The molecule has 2 amide bonds. The van der Waals surface area contributed by atoms with Gasteiger partial charge < -0.3 is 5.32 Å². The highest BCUT2D eigenvalue weighted by Gasteiger charge is 2.27. The van der Waals surface area contributed by atoms with Crippen molar-refractivity contribution in [3.63, 3.8) is 0 Å². The molecule has 11 nitrogen and oxygen atoms in total. The first kappa shape index (κ1) is 22.5. The number of aromatic nitrogens is 2. The molecule has 170 valence electrons. The lowest BCUT2D eigenvalue weighted by Gasteiger charge is -2.18. The van der Waals surface area contributed by atoms with Gasteiger partial charge in [0.05, 0.1) is 21.4 Å². The van der Waals surface area contributed by atoms with Gasteiger partial charge in [0, 0.05) is 17.0 Å². The van der Waals surface area contributed by atoms with E-state index in [0.29, 0.717) is 21.2 Å². The Morgan fingerprint density at radius 1 is 1.06 bits per heavy atom. The molecule has 0 aliphatic heterocycles. The number of nitro groups is 1. The average molecular weight is 476 g/mol. The van der Waals surface area contributed by atoms with Gasteiger partial charge in [-0.3, -0.25) is 24.5 Å². The van der Waals surface area contributed by atoms with Crippen LogP contribution in [0.3, 0.4) is 0 Å². The predicted octanol–water partition coefficient (Wildman–Crippen LogP) is 2.51. The number of aromatic amines is 1. The fourth-order valence-electron chi connectivity index (χ4n) is 3.15. The number of nitrogens with zero attached hydrogens (tertiary/aromatic N) is 3. The second-order valence-electron chi connectivity index (χ2n) is 6.92. The van der Waals surface area contributed by atoms with Crippen LogP contribution in [0.4, 0.5) is 5.00 Å². The van der Waals surface area contributed by atoms with Crippen molar-refractivity contribution >= 4 is 45.1 Å². The van der Waals surface area contributed by atoms with Gasteiger partial charge >= 0.3 is 5.00 Å². The number of carbonyl (C=O) groups excluding carboxylic acids is 2. The Bertz CT molecular complexity index is 1460. The highest BCUT2D eigenvalue weighted by Crippen LogP contribution is 2.23. The van der Waals surface area contributed by atoms with E-state index in [0.717, 1.165) is 11.3 Å². The van der Waals surface area contributed by atoms with E-state index in [2.05, 4.69) is 26.0 Å². The second kappa shape index (κ2) is 9.83. The Balaban J connectivity index is 1.65. The molecule has 0 radical (unpaired) electrons. The number of hydrogen-bond acceptors (Lipinski definition) is 8. The number of thiophene rings is 1. The Morgan fingerprint density at radius 2 is 1.76 bits per heavy atom. The molecule has 0 spiro atoms. The summed E-state index contributed by atoms with van der Waals surface area (Å²) in [5.74, 6) is -1.26. The summed E-state index contributed by atoms with van der Waals surface area (Å²) in [6, 6.07) is 16.4. The van der Waals surface area contributed by atoms with Gasteiger partial charge in [-0.05, 0) is 24.3 Å². The van der Waals surface area contributed by atoms with E-state index < -0.39 is 28.3 Å². The Morgan fingerprint density at radius 3 is 2.47 bits per heavy atom. The standard InChI is InChI=1S/C22H16N6O5S/c29-20(13-6-2-1-3-7-13)24-19(18-15-8-4-5-9-16(15)21(30)27-25-18)22(31)26-23-12-14-10-11-17(34-14)28(32)33/h1-12,19H,(H,24,29)(H,26,31)(H,27,30)/t19-/m0/s1. The van der Waals surface area contributed by atoms with Crippen LogP contribution >= 0.6 is 11.3 Å². The number of benzene rings is 2. The number of amides is 2. The van der Waals surface area contributed by atoms with E-state index in [1.54, 1.807) is 54.6 Å². The molecule has 0 unspecified atom stereocenters. The summed E-state index contributed by atoms with van der Waals surface area (Å²) in [6.45, 7) is 0. The van der Waals surface area contributed by atoms with Gasteiger partial charge in [-0.15, -0.1) is 0 Å². The lowest BCUT2D eigenvalue weighted by molar-refractivity contribution is -0.380. The third-order valence-electron chi connectivity index (χ3n) is 4.73. The van der Waals surface area contributed by atoms with Gasteiger partial charge in [-0.2, -0.15) is 10.2 Å². The fraction of sp³-hybridized carbons (Fsp3) is 0.0455. The highest BCUT2D eigenvalue weighted by atomic mass is 32.1. The highest BCUT2D eigenvalue weighted by molar-refractivity contribution is 7.16. The minimum absolute atomic E-state index is 0.0651. The van der Waals surface area contributed by atoms with Crippen LogP contribution in [-0.2, 0) is 4.79 Å². The number of hydrazone groups is 1. The van der Waals surface area contributed by atoms with Crippen LogP contribution in [0.25, 0.3) is 10.8 Å². The summed E-state index contributed by atoms with van der Waals surface area (Å²) < 4.78 is 0. The molecule has 2 aromatic heterocycles. The summed E-state index contributed by atoms with van der Waals surface area (Å²) in [4.78, 5) is 48.8. The van der Waals surface area contributed by atoms with Crippen molar-refractivity contribution in [2.75, 3.05) is 0 Å². The maximum absolute atomic E-state index is 13.1. The van der Waals surface area contributed by atoms with Gasteiger partial charge in [-0.1, -0.05) is 47.7 Å². The molecular formula is C22H16N6O5S. The van der Waals surface area contributed by atoms with Crippen LogP contribution in [0, 0.1) is 10.1 Å². The molecule has 12 heteroatoms. The van der Waals surface area contributed by atoms with Crippen LogP contribution in [0.2, 0.25) is 0 Å². The van der Waals surface area contributed by atoms with E-state index >= 15 is 0 Å². The van der Waals surface area contributed by atoms with Gasteiger partial charge in [0.1, 0.15) is 5.69 Å². The number of fused-ring (bicyclic) bond motifs is 1. The van der Waals surface area contributed by atoms with Crippen molar-refractivity contribution < 1.29 is 14.5 Å². The molecule has 0 saturated heterocycles. The SMILES string of the molecule is O=C(N[C@H](C(=O)NN=Cc1ccc([N+](=O)[O-])s1)c1n[nH]c(=O)c2ccccc12)c1ccccc1. The van der Waals surface area contributed by atoms with Crippen molar-refractivity contribution in [3.05, 3.63) is 103 Å². The molecule has 0 aliphatic carbocycles.